The average molecular weight is 255 g/mol. The maximum absolute atomic E-state index is 5.11. The summed E-state index contributed by atoms with van der Waals surface area (Å²) >= 11 is 1.60. The molecule has 3 heteroatoms. The van der Waals surface area contributed by atoms with Gasteiger partial charge in [-0.1, -0.05) is 11.8 Å². The minimum atomic E-state index is 0.840. The van der Waals surface area contributed by atoms with Gasteiger partial charge in [-0.05, 0) is 42.7 Å². The fourth-order valence-corrected chi connectivity index (χ4v) is 1.97. The summed E-state index contributed by atoms with van der Waals surface area (Å²) in [6, 6.07) is 11.6. The van der Waals surface area contributed by atoms with Crippen LogP contribution in [-0.4, -0.2) is 18.3 Å². The Hall–Kier alpha value is -1.92. The molecule has 2 aromatic rings. The Morgan fingerprint density at radius 2 is 1.89 bits per heavy atom. The Bertz CT molecular complexity index is 581. The largest absolute Gasteiger partial charge is 0.497 e. The molecule has 0 amide bonds. The van der Waals surface area contributed by atoms with E-state index >= 15 is 0 Å². The molecule has 1 aromatic heterocycles. The minimum absolute atomic E-state index is 0.840. The van der Waals surface area contributed by atoms with Crippen molar-refractivity contribution in [3.63, 3.8) is 0 Å². The summed E-state index contributed by atoms with van der Waals surface area (Å²) < 4.78 is 5.11. The summed E-state index contributed by atoms with van der Waals surface area (Å²) in [5.74, 6) is 7.11. The highest BCUT2D eigenvalue weighted by molar-refractivity contribution is 7.98. The second-order valence-corrected chi connectivity index (χ2v) is 4.33. The van der Waals surface area contributed by atoms with Crippen molar-refractivity contribution in [2.75, 3.05) is 13.4 Å². The van der Waals surface area contributed by atoms with Gasteiger partial charge in [-0.2, -0.15) is 0 Å². The second kappa shape index (κ2) is 6.13. The third-order valence-corrected chi connectivity index (χ3v) is 3.11. The van der Waals surface area contributed by atoms with Gasteiger partial charge in [0.1, 0.15) is 10.8 Å². The van der Waals surface area contributed by atoms with Crippen LogP contribution in [0.3, 0.4) is 0 Å². The highest BCUT2D eigenvalue weighted by Crippen LogP contribution is 2.16. The van der Waals surface area contributed by atoms with E-state index < -0.39 is 0 Å². The van der Waals surface area contributed by atoms with Crippen molar-refractivity contribution >= 4 is 11.8 Å². The summed E-state index contributed by atoms with van der Waals surface area (Å²) in [5, 5.41) is 0.957. The van der Waals surface area contributed by atoms with Crippen LogP contribution in [0.25, 0.3) is 0 Å². The van der Waals surface area contributed by atoms with E-state index in [0.717, 1.165) is 21.9 Å². The Kier molecular flexibility index (Phi) is 4.27. The highest BCUT2D eigenvalue weighted by atomic mass is 32.2. The summed E-state index contributed by atoms with van der Waals surface area (Å²) in [6.07, 6.45) is 3.78. The standard InChI is InChI=1S/C15H13NOS/c1-17-14-9-6-12(7-10-14)5-8-13-4-3-11-16-15(13)18-2/h3-4,6-7,9-11H,1-2H3. The lowest BCUT2D eigenvalue weighted by molar-refractivity contribution is 0.415. The molecule has 0 unspecified atom stereocenters. The van der Waals surface area contributed by atoms with Crippen LogP contribution in [0.5, 0.6) is 5.75 Å². The molecule has 0 radical (unpaired) electrons. The van der Waals surface area contributed by atoms with Gasteiger partial charge < -0.3 is 4.74 Å². The molecule has 2 rings (SSSR count). The van der Waals surface area contributed by atoms with Gasteiger partial charge in [0, 0.05) is 11.8 Å². The molecule has 0 fully saturated rings. The number of aromatic nitrogens is 1. The summed E-state index contributed by atoms with van der Waals surface area (Å²) in [5.41, 5.74) is 1.92. The van der Waals surface area contributed by atoms with E-state index in [0.29, 0.717) is 0 Å². The van der Waals surface area contributed by atoms with Crippen LogP contribution in [0.15, 0.2) is 47.6 Å². The number of hydrogen-bond acceptors (Lipinski definition) is 3. The van der Waals surface area contributed by atoms with Crippen molar-refractivity contribution in [2.45, 2.75) is 5.03 Å². The van der Waals surface area contributed by atoms with Gasteiger partial charge in [-0.25, -0.2) is 4.98 Å². The monoisotopic (exact) mass is 255 g/mol. The van der Waals surface area contributed by atoms with Crippen molar-refractivity contribution in [2.24, 2.45) is 0 Å². The Balaban J connectivity index is 2.25. The average Bonchev–Trinajstić information content (AvgIpc) is 2.46. The number of thioether (sulfide) groups is 1. The van der Waals surface area contributed by atoms with E-state index in [2.05, 4.69) is 16.8 Å². The zero-order valence-corrected chi connectivity index (χ0v) is 11.1. The molecule has 0 saturated carbocycles. The van der Waals surface area contributed by atoms with Crippen LogP contribution in [0, 0.1) is 11.8 Å². The molecule has 1 heterocycles. The van der Waals surface area contributed by atoms with Gasteiger partial charge in [-0.3, -0.25) is 0 Å². The molecule has 0 aliphatic carbocycles. The molecule has 0 aliphatic heterocycles. The maximum Gasteiger partial charge on any atom is 0.118 e. The van der Waals surface area contributed by atoms with Gasteiger partial charge in [0.2, 0.25) is 0 Å². The smallest absolute Gasteiger partial charge is 0.118 e. The zero-order chi connectivity index (χ0) is 12.8. The quantitative estimate of drug-likeness (QED) is 0.607. The van der Waals surface area contributed by atoms with Crippen LogP contribution in [-0.2, 0) is 0 Å². The summed E-state index contributed by atoms with van der Waals surface area (Å²) in [4.78, 5) is 4.28. The number of pyridine rings is 1. The lowest BCUT2D eigenvalue weighted by atomic mass is 10.2. The van der Waals surface area contributed by atoms with E-state index in [1.165, 1.54) is 0 Å². The molecule has 0 N–H and O–H groups in total. The van der Waals surface area contributed by atoms with E-state index in [1.54, 1.807) is 25.1 Å². The molecule has 0 bridgehead atoms. The van der Waals surface area contributed by atoms with Gasteiger partial charge in [0.05, 0.1) is 12.7 Å². The molecule has 0 saturated heterocycles. The highest BCUT2D eigenvalue weighted by Gasteiger charge is 1.97. The first-order valence-electron chi connectivity index (χ1n) is 5.48. The van der Waals surface area contributed by atoms with Crippen LogP contribution < -0.4 is 4.74 Å². The Labute approximate surface area is 111 Å². The first-order chi connectivity index (χ1) is 8.83. The number of ether oxygens (including phenoxy) is 1. The fourth-order valence-electron chi connectivity index (χ4n) is 1.46. The molecule has 0 spiro atoms. The van der Waals surface area contributed by atoms with Gasteiger partial charge in [0.25, 0.3) is 0 Å². The van der Waals surface area contributed by atoms with E-state index in [4.69, 9.17) is 4.74 Å². The van der Waals surface area contributed by atoms with Gasteiger partial charge in [0.15, 0.2) is 0 Å². The molecular weight excluding hydrogens is 242 g/mol. The Morgan fingerprint density at radius 1 is 1.11 bits per heavy atom. The molecule has 90 valence electrons. The summed E-state index contributed by atoms with van der Waals surface area (Å²) in [7, 11) is 1.65. The van der Waals surface area contributed by atoms with Crippen LogP contribution in [0.4, 0.5) is 0 Å². The van der Waals surface area contributed by atoms with Crippen LogP contribution >= 0.6 is 11.8 Å². The van der Waals surface area contributed by atoms with E-state index in [1.807, 2.05) is 42.7 Å². The van der Waals surface area contributed by atoms with Crippen LogP contribution in [0.1, 0.15) is 11.1 Å². The molecule has 18 heavy (non-hydrogen) atoms. The number of benzene rings is 1. The first kappa shape index (κ1) is 12.5. The van der Waals surface area contributed by atoms with Crippen molar-refractivity contribution in [3.05, 3.63) is 53.7 Å². The molecule has 2 nitrogen and oxygen atoms in total. The summed E-state index contributed by atoms with van der Waals surface area (Å²) in [6.45, 7) is 0. The second-order valence-electron chi connectivity index (χ2n) is 3.54. The topological polar surface area (TPSA) is 22.1 Å². The SMILES string of the molecule is COc1ccc(C#Cc2cccnc2SC)cc1. The molecule has 1 aromatic carbocycles. The van der Waals surface area contributed by atoms with Gasteiger partial charge in [-0.15, -0.1) is 11.8 Å². The number of hydrogen-bond donors (Lipinski definition) is 0. The van der Waals surface area contributed by atoms with Crippen molar-refractivity contribution in [1.82, 2.24) is 4.98 Å². The Morgan fingerprint density at radius 3 is 2.56 bits per heavy atom. The van der Waals surface area contributed by atoms with E-state index in [-0.39, 0.29) is 0 Å². The molecule has 0 aliphatic rings. The number of methoxy groups -OCH3 is 1. The minimum Gasteiger partial charge on any atom is -0.497 e. The molecular formula is C15H13NOS. The van der Waals surface area contributed by atoms with Gasteiger partial charge >= 0.3 is 0 Å². The lowest BCUT2D eigenvalue weighted by Crippen LogP contribution is -1.85. The van der Waals surface area contributed by atoms with Crippen molar-refractivity contribution in [1.29, 1.82) is 0 Å². The third kappa shape index (κ3) is 3.06. The number of nitrogens with zero attached hydrogens (tertiary/aromatic N) is 1. The van der Waals surface area contributed by atoms with Crippen molar-refractivity contribution < 1.29 is 4.74 Å². The normalized spacial score (nSPS) is 9.44. The lowest BCUT2D eigenvalue weighted by Gasteiger charge is -1.98. The zero-order valence-electron chi connectivity index (χ0n) is 10.3. The van der Waals surface area contributed by atoms with E-state index in [9.17, 15) is 0 Å². The number of rotatable bonds is 2. The molecule has 0 atom stereocenters. The van der Waals surface area contributed by atoms with Crippen molar-refractivity contribution in [3.8, 4) is 17.6 Å². The fraction of sp³-hybridized carbons (Fsp3) is 0.133. The maximum atomic E-state index is 5.11. The third-order valence-electron chi connectivity index (χ3n) is 2.40. The first-order valence-corrected chi connectivity index (χ1v) is 6.71. The predicted octanol–water partition coefficient (Wildman–Crippen LogP) is 3.21. The predicted molar refractivity (Wildman–Crippen MR) is 75.0 cm³/mol. The van der Waals surface area contributed by atoms with Crippen LogP contribution in [0.2, 0.25) is 0 Å².